The standard InChI is InChI=1S/C27H28FN5O5/c1-36-25-18(28)5-2-6-19(25)31-24-22-20-10-16(30-26(22)34)14-38-27(35)33-9-3-4-15(12-33)13-37-21-11-29-8-7-17(21)23(24)32-20/h2,5-8,11,15-16,31-32H,3-4,9-10,12-14H2,1H3,(H,30,34)/t15?,16-/m0/s1. The first-order valence-corrected chi connectivity index (χ1v) is 12.7. The van der Waals surface area contributed by atoms with Crippen LogP contribution in [0, 0.1) is 11.7 Å². The number of cyclic esters (lactones) is 1. The number of anilines is 2. The molecule has 38 heavy (non-hydrogen) atoms. The summed E-state index contributed by atoms with van der Waals surface area (Å²) in [6.07, 6.45) is 5.10. The summed E-state index contributed by atoms with van der Waals surface area (Å²) in [6.45, 7) is 1.62. The molecule has 0 saturated carbocycles. The molecule has 3 aromatic rings. The minimum atomic E-state index is -0.529. The molecule has 3 aliphatic rings. The van der Waals surface area contributed by atoms with Crippen molar-refractivity contribution in [3.05, 3.63) is 53.7 Å². The van der Waals surface area contributed by atoms with Gasteiger partial charge in [0.15, 0.2) is 11.6 Å². The van der Waals surface area contributed by atoms with Gasteiger partial charge in [0.2, 0.25) is 0 Å². The van der Waals surface area contributed by atoms with Gasteiger partial charge in [-0.25, -0.2) is 9.18 Å². The van der Waals surface area contributed by atoms with Gasteiger partial charge in [-0.3, -0.25) is 9.78 Å². The molecule has 5 bridgehead atoms. The van der Waals surface area contributed by atoms with Crippen molar-refractivity contribution in [1.82, 2.24) is 20.2 Å². The van der Waals surface area contributed by atoms with Crippen LogP contribution in [0.5, 0.6) is 11.5 Å². The van der Waals surface area contributed by atoms with Crippen LogP contribution < -0.4 is 20.1 Å². The number of ether oxygens (including phenoxy) is 3. The van der Waals surface area contributed by atoms with Crippen LogP contribution in [0.2, 0.25) is 0 Å². The highest BCUT2D eigenvalue weighted by Gasteiger charge is 2.34. The fourth-order valence-corrected chi connectivity index (χ4v) is 5.43. The smallest absolute Gasteiger partial charge is 0.409 e. The fourth-order valence-electron chi connectivity index (χ4n) is 5.43. The predicted molar refractivity (Wildman–Crippen MR) is 136 cm³/mol. The molecule has 198 valence electrons. The van der Waals surface area contributed by atoms with E-state index < -0.39 is 11.9 Å². The molecule has 0 aliphatic carbocycles. The number of nitrogens with zero attached hydrogens (tertiary/aromatic N) is 2. The minimum Gasteiger partial charge on any atom is -0.492 e. The average molecular weight is 522 g/mol. The zero-order chi connectivity index (χ0) is 26.2. The number of hydrogen-bond acceptors (Lipinski definition) is 7. The van der Waals surface area contributed by atoms with Crippen LogP contribution in [-0.2, 0) is 11.2 Å². The summed E-state index contributed by atoms with van der Waals surface area (Å²) in [4.78, 5) is 35.5. The number of piperidine rings is 1. The molecule has 2 aromatic heterocycles. The Labute approximate surface area is 218 Å². The zero-order valence-corrected chi connectivity index (χ0v) is 20.9. The maximum atomic E-state index is 14.5. The Morgan fingerprint density at radius 3 is 2.97 bits per heavy atom. The van der Waals surface area contributed by atoms with E-state index in [0.717, 1.165) is 12.8 Å². The number of benzene rings is 1. The van der Waals surface area contributed by atoms with E-state index in [1.807, 2.05) is 6.07 Å². The Bertz CT molecular complexity index is 1390. The van der Waals surface area contributed by atoms with Crippen LogP contribution in [0.25, 0.3) is 11.3 Å². The molecule has 0 spiro atoms. The van der Waals surface area contributed by atoms with Crippen molar-refractivity contribution < 1.29 is 28.2 Å². The third-order valence-corrected chi connectivity index (χ3v) is 7.23. The van der Waals surface area contributed by atoms with E-state index in [2.05, 4.69) is 20.6 Å². The quantitative estimate of drug-likeness (QED) is 0.479. The molecular formula is C27H28FN5O5. The van der Waals surface area contributed by atoms with Gasteiger partial charge in [0.05, 0.1) is 48.6 Å². The zero-order valence-electron chi connectivity index (χ0n) is 20.9. The van der Waals surface area contributed by atoms with Crippen molar-refractivity contribution in [3.63, 3.8) is 0 Å². The molecule has 1 unspecified atom stereocenters. The van der Waals surface area contributed by atoms with Gasteiger partial charge >= 0.3 is 6.09 Å². The molecule has 2 amide bonds. The van der Waals surface area contributed by atoms with Crippen molar-refractivity contribution >= 4 is 23.4 Å². The summed E-state index contributed by atoms with van der Waals surface area (Å²) in [5, 5.41) is 6.19. The van der Waals surface area contributed by atoms with E-state index in [4.69, 9.17) is 14.2 Å². The Morgan fingerprint density at radius 1 is 1.21 bits per heavy atom. The average Bonchev–Trinajstić information content (AvgIpc) is 3.29. The van der Waals surface area contributed by atoms with Crippen LogP contribution in [0.15, 0.2) is 36.7 Å². The summed E-state index contributed by atoms with van der Waals surface area (Å²) >= 11 is 0. The first-order chi connectivity index (χ1) is 18.5. The summed E-state index contributed by atoms with van der Waals surface area (Å²) < 4.78 is 31.7. The van der Waals surface area contributed by atoms with Crippen LogP contribution in [0.3, 0.4) is 0 Å². The Morgan fingerprint density at radius 2 is 2.11 bits per heavy atom. The third kappa shape index (κ3) is 4.37. The fraction of sp³-hybridized carbons (Fsp3) is 0.370. The van der Waals surface area contributed by atoms with Gasteiger partial charge in [-0.05, 0) is 31.0 Å². The van der Waals surface area contributed by atoms with E-state index in [1.54, 1.807) is 29.4 Å². The SMILES string of the molecule is COc1c(F)cccc1Nc1c2[nH]c3c1C(=O)N[C@H](COC(=O)N1CCCC(COc4cnccc4-2)C1)C3. The normalized spacial score (nSPS) is 20.8. The second kappa shape index (κ2) is 9.88. The van der Waals surface area contributed by atoms with Gasteiger partial charge in [0.25, 0.3) is 5.91 Å². The number of rotatable bonds is 3. The lowest BCUT2D eigenvalue weighted by Gasteiger charge is -2.32. The second-order valence-corrected chi connectivity index (χ2v) is 9.76. The van der Waals surface area contributed by atoms with E-state index in [1.165, 1.54) is 13.2 Å². The lowest BCUT2D eigenvalue weighted by atomic mass is 9.99. The highest BCUT2D eigenvalue weighted by molar-refractivity contribution is 6.07. The highest BCUT2D eigenvalue weighted by Crippen LogP contribution is 2.42. The lowest BCUT2D eigenvalue weighted by molar-refractivity contribution is 0.0651. The number of aromatic amines is 1. The van der Waals surface area contributed by atoms with Crippen molar-refractivity contribution in [2.75, 3.05) is 38.7 Å². The van der Waals surface area contributed by atoms with Crippen LogP contribution >= 0.6 is 0 Å². The summed E-state index contributed by atoms with van der Waals surface area (Å²) in [5.41, 5.74) is 3.19. The number of fused-ring (bicyclic) bond motifs is 6. The van der Waals surface area contributed by atoms with Gasteiger partial charge in [0, 0.05) is 42.9 Å². The van der Waals surface area contributed by atoms with Crippen molar-refractivity contribution in [2.45, 2.75) is 25.3 Å². The minimum absolute atomic E-state index is 0.0320. The van der Waals surface area contributed by atoms with Gasteiger partial charge < -0.3 is 34.7 Å². The maximum Gasteiger partial charge on any atom is 0.409 e. The Balaban J connectivity index is 1.47. The first kappa shape index (κ1) is 24.1. The molecule has 3 N–H and O–H groups in total. The van der Waals surface area contributed by atoms with Gasteiger partial charge in [0.1, 0.15) is 12.4 Å². The number of carbonyl (C=O) groups excluding carboxylic acids is 2. The number of amides is 2. The molecule has 6 rings (SSSR count). The number of para-hydroxylation sites is 1. The Kier molecular flexibility index (Phi) is 6.26. The molecule has 3 aliphatic heterocycles. The molecule has 1 fully saturated rings. The number of carbonyl (C=O) groups is 2. The van der Waals surface area contributed by atoms with Gasteiger partial charge in [-0.15, -0.1) is 0 Å². The number of aromatic nitrogens is 2. The van der Waals surface area contributed by atoms with E-state index in [0.29, 0.717) is 65.8 Å². The molecule has 1 aromatic carbocycles. The number of hydrogen-bond donors (Lipinski definition) is 3. The summed E-state index contributed by atoms with van der Waals surface area (Å²) in [6, 6.07) is 5.96. The van der Waals surface area contributed by atoms with Crippen LogP contribution in [0.1, 0.15) is 28.9 Å². The number of H-pyrrole nitrogens is 1. The first-order valence-electron chi connectivity index (χ1n) is 12.7. The summed E-state index contributed by atoms with van der Waals surface area (Å²) in [7, 11) is 1.39. The molecular weight excluding hydrogens is 493 g/mol. The largest absolute Gasteiger partial charge is 0.492 e. The summed E-state index contributed by atoms with van der Waals surface area (Å²) in [5.74, 6) is -0.161. The van der Waals surface area contributed by atoms with E-state index in [-0.39, 0.29) is 30.3 Å². The van der Waals surface area contributed by atoms with Crippen LogP contribution in [0.4, 0.5) is 20.6 Å². The van der Waals surface area contributed by atoms with Crippen LogP contribution in [-0.4, -0.2) is 66.3 Å². The topological polar surface area (TPSA) is 118 Å². The third-order valence-electron chi connectivity index (χ3n) is 7.23. The van der Waals surface area contributed by atoms with Crippen molar-refractivity contribution in [3.8, 4) is 22.8 Å². The predicted octanol–water partition coefficient (Wildman–Crippen LogP) is 3.86. The number of pyridine rings is 1. The van der Waals surface area contributed by atoms with E-state index in [9.17, 15) is 14.0 Å². The molecule has 1 saturated heterocycles. The monoisotopic (exact) mass is 521 g/mol. The molecule has 2 atom stereocenters. The number of methoxy groups -OCH3 is 1. The van der Waals surface area contributed by atoms with Gasteiger partial charge in [-0.2, -0.15) is 0 Å². The second-order valence-electron chi connectivity index (χ2n) is 9.76. The van der Waals surface area contributed by atoms with Gasteiger partial charge in [-0.1, -0.05) is 6.07 Å². The highest BCUT2D eigenvalue weighted by atomic mass is 19.1. The molecule has 5 heterocycles. The molecule has 0 radical (unpaired) electrons. The maximum absolute atomic E-state index is 14.5. The number of nitrogens with one attached hydrogen (secondary N) is 3. The Hall–Kier alpha value is -4.28. The van der Waals surface area contributed by atoms with Crippen molar-refractivity contribution in [2.24, 2.45) is 5.92 Å². The number of halogens is 1. The molecule has 11 heteroatoms. The lowest BCUT2D eigenvalue weighted by Crippen LogP contribution is -2.47. The van der Waals surface area contributed by atoms with Crippen molar-refractivity contribution in [1.29, 1.82) is 0 Å². The van der Waals surface area contributed by atoms with E-state index >= 15 is 0 Å². The molecule has 10 nitrogen and oxygen atoms in total.